The summed E-state index contributed by atoms with van der Waals surface area (Å²) in [4.78, 5) is 12.7. The zero-order valence-electron chi connectivity index (χ0n) is 11.4. The third-order valence-electron chi connectivity index (χ3n) is 4.06. The Morgan fingerprint density at radius 2 is 1.40 bits per heavy atom. The Labute approximate surface area is 120 Å². The summed E-state index contributed by atoms with van der Waals surface area (Å²) >= 11 is 0. The number of carbonyl (C=O) groups is 1. The molecule has 0 heterocycles. The van der Waals surface area contributed by atoms with Gasteiger partial charge in [0.25, 0.3) is 0 Å². The van der Waals surface area contributed by atoms with Crippen molar-refractivity contribution in [2.75, 3.05) is 0 Å². The highest BCUT2D eigenvalue weighted by Gasteiger charge is 2.30. The van der Waals surface area contributed by atoms with Crippen LogP contribution in [0.15, 0.2) is 72.8 Å². The van der Waals surface area contributed by atoms with Crippen molar-refractivity contribution >= 4 is 5.78 Å². The van der Waals surface area contributed by atoms with E-state index in [1.54, 1.807) is 0 Å². The largest absolute Gasteiger partial charge is 0.294 e. The summed E-state index contributed by atoms with van der Waals surface area (Å²) in [6.07, 6.45) is 6.14. The van der Waals surface area contributed by atoms with Crippen molar-refractivity contribution in [2.45, 2.75) is 18.8 Å². The fourth-order valence-corrected chi connectivity index (χ4v) is 2.99. The van der Waals surface area contributed by atoms with Crippen molar-refractivity contribution in [1.82, 2.24) is 0 Å². The van der Waals surface area contributed by atoms with E-state index in [2.05, 4.69) is 36.4 Å². The Morgan fingerprint density at radius 1 is 0.800 bits per heavy atom. The quantitative estimate of drug-likeness (QED) is 0.582. The molecule has 0 aromatic heterocycles. The van der Waals surface area contributed by atoms with E-state index in [9.17, 15) is 4.79 Å². The molecular weight excluding hydrogens is 244 g/mol. The monoisotopic (exact) mass is 262 g/mol. The van der Waals surface area contributed by atoms with Crippen LogP contribution in [0.2, 0.25) is 0 Å². The molecule has 0 radical (unpaired) electrons. The molecule has 2 aromatic carbocycles. The highest BCUT2D eigenvalue weighted by molar-refractivity contribution is 5.98. The molecule has 0 saturated heterocycles. The molecule has 20 heavy (non-hydrogen) atoms. The summed E-state index contributed by atoms with van der Waals surface area (Å²) in [5, 5.41) is 0. The Balaban J connectivity index is 1.91. The van der Waals surface area contributed by atoms with E-state index in [1.165, 1.54) is 5.56 Å². The van der Waals surface area contributed by atoms with Crippen molar-refractivity contribution in [3.63, 3.8) is 0 Å². The Kier molecular flexibility index (Phi) is 3.78. The number of ketones is 1. The molecule has 1 nitrogen and oxygen atoms in total. The first kappa shape index (κ1) is 12.9. The molecule has 2 aromatic rings. The van der Waals surface area contributed by atoms with Gasteiger partial charge >= 0.3 is 0 Å². The van der Waals surface area contributed by atoms with Gasteiger partial charge < -0.3 is 0 Å². The molecule has 0 bridgehead atoms. The maximum Gasteiger partial charge on any atom is 0.166 e. The van der Waals surface area contributed by atoms with E-state index < -0.39 is 0 Å². The molecule has 100 valence electrons. The summed E-state index contributed by atoms with van der Waals surface area (Å²) in [7, 11) is 0. The van der Waals surface area contributed by atoms with Crippen molar-refractivity contribution in [3.05, 3.63) is 83.9 Å². The molecule has 2 atom stereocenters. The molecule has 0 spiro atoms. The van der Waals surface area contributed by atoms with Gasteiger partial charge in [0.15, 0.2) is 5.78 Å². The van der Waals surface area contributed by atoms with Crippen LogP contribution in [0.1, 0.15) is 34.7 Å². The second kappa shape index (κ2) is 5.87. The van der Waals surface area contributed by atoms with E-state index in [-0.39, 0.29) is 11.7 Å². The predicted octanol–water partition coefficient (Wildman–Crippen LogP) is 4.62. The molecular formula is C19H18O. The van der Waals surface area contributed by atoms with Crippen LogP contribution in [0.5, 0.6) is 0 Å². The van der Waals surface area contributed by atoms with Gasteiger partial charge in [-0.15, -0.1) is 0 Å². The van der Waals surface area contributed by atoms with Gasteiger partial charge in [-0.3, -0.25) is 4.79 Å². The standard InChI is InChI=1S/C19H18O/c20-19(16-11-5-2-6-12-16)18-14-8-7-13-17(18)15-9-3-1-4-10-15/h1-12,17-18H,13-14H2/t17-,18+/m1/s1. The first-order chi connectivity index (χ1) is 9.86. The average Bonchev–Trinajstić information content (AvgIpc) is 2.56. The fraction of sp³-hybridized carbons (Fsp3) is 0.211. The second-order valence-corrected chi connectivity index (χ2v) is 5.30. The number of rotatable bonds is 3. The van der Waals surface area contributed by atoms with E-state index in [1.807, 2.05) is 36.4 Å². The maximum atomic E-state index is 12.7. The van der Waals surface area contributed by atoms with Crippen LogP contribution in [-0.2, 0) is 0 Å². The van der Waals surface area contributed by atoms with Crippen LogP contribution in [0, 0.1) is 5.92 Å². The maximum absolute atomic E-state index is 12.7. The predicted molar refractivity (Wildman–Crippen MR) is 81.8 cm³/mol. The van der Waals surface area contributed by atoms with Crippen LogP contribution in [0.3, 0.4) is 0 Å². The van der Waals surface area contributed by atoms with Gasteiger partial charge in [-0.25, -0.2) is 0 Å². The molecule has 0 unspecified atom stereocenters. The summed E-state index contributed by atoms with van der Waals surface area (Å²) < 4.78 is 0. The smallest absolute Gasteiger partial charge is 0.166 e. The first-order valence-electron chi connectivity index (χ1n) is 7.15. The molecule has 1 heteroatoms. The van der Waals surface area contributed by atoms with Gasteiger partial charge in [0, 0.05) is 11.5 Å². The highest BCUT2D eigenvalue weighted by Crippen LogP contribution is 2.36. The second-order valence-electron chi connectivity index (χ2n) is 5.30. The molecule has 0 N–H and O–H groups in total. The van der Waals surface area contributed by atoms with Crippen LogP contribution >= 0.6 is 0 Å². The van der Waals surface area contributed by atoms with Gasteiger partial charge in [0.05, 0.1) is 0 Å². The lowest BCUT2D eigenvalue weighted by Gasteiger charge is -2.28. The van der Waals surface area contributed by atoms with Gasteiger partial charge in [-0.1, -0.05) is 72.8 Å². The lowest BCUT2D eigenvalue weighted by molar-refractivity contribution is 0.0897. The molecule has 1 aliphatic rings. The molecule has 0 saturated carbocycles. The third kappa shape index (κ3) is 2.57. The average molecular weight is 262 g/mol. The van der Waals surface area contributed by atoms with Gasteiger partial charge in [0.1, 0.15) is 0 Å². The van der Waals surface area contributed by atoms with E-state index in [0.29, 0.717) is 5.92 Å². The number of carbonyl (C=O) groups excluding carboxylic acids is 1. The van der Waals surface area contributed by atoms with Crippen LogP contribution in [-0.4, -0.2) is 5.78 Å². The van der Waals surface area contributed by atoms with Crippen LogP contribution in [0.25, 0.3) is 0 Å². The molecule has 1 aliphatic carbocycles. The van der Waals surface area contributed by atoms with Gasteiger partial charge in [0.2, 0.25) is 0 Å². The van der Waals surface area contributed by atoms with Gasteiger partial charge in [-0.05, 0) is 24.3 Å². The van der Waals surface area contributed by atoms with E-state index >= 15 is 0 Å². The fourth-order valence-electron chi connectivity index (χ4n) is 2.99. The number of benzene rings is 2. The zero-order chi connectivity index (χ0) is 13.8. The number of hydrogen-bond donors (Lipinski definition) is 0. The van der Waals surface area contributed by atoms with Crippen molar-refractivity contribution in [2.24, 2.45) is 5.92 Å². The summed E-state index contributed by atoms with van der Waals surface area (Å²) in [6, 6.07) is 20.1. The number of allylic oxidation sites excluding steroid dienone is 2. The normalized spacial score (nSPS) is 21.6. The Bertz CT molecular complexity index is 598. The third-order valence-corrected chi connectivity index (χ3v) is 4.06. The van der Waals surface area contributed by atoms with Crippen molar-refractivity contribution in [3.8, 4) is 0 Å². The molecule has 0 fully saturated rings. The molecule has 0 amide bonds. The van der Waals surface area contributed by atoms with Crippen molar-refractivity contribution < 1.29 is 4.79 Å². The minimum atomic E-state index is 0.0600. The highest BCUT2D eigenvalue weighted by atomic mass is 16.1. The molecule has 3 rings (SSSR count). The molecule has 0 aliphatic heterocycles. The minimum Gasteiger partial charge on any atom is -0.294 e. The topological polar surface area (TPSA) is 17.1 Å². The Morgan fingerprint density at radius 3 is 2.10 bits per heavy atom. The first-order valence-corrected chi connectivity index (χ1v) is 7.15. The van der Waals surface area contributed by atoms with E-state index in [0.717, 1.165) is 18.4 Å². The van der Waals surface area contributed by atoms with Crippen molar-refractivity contribution in [1.29, 1.82) is 0 Å². The lowest BCUT2D eigenvalue weighted by Crippen LogP contribution is -2.24. The minimum absolute atomic E-state index is 0.0600. The Hall–Kier alpha value is -2.15. The van der Waals surface area contributed by atoms with Gasteiger partial charge in [-0.2, -0.15) is 0 Å². The number of Topliss-reactive ketones (excluding diaryl/α,β-unsaturated/α-hetero) is 1. The SMILES string of the molecule is O=C(c1ccccc1)[C@H]1CC=CC[C@@H]1c1ccccc1. The number of hydrogen-bond acceptors (Lipinski definition) is 1. The summed E-state index contributed by atoms with van der Waals surface area (Å²) in [6.45, 7) is 0. The summed E-state index contributed by atoms with van der Waals surface area (Å²) in [5.74, 6) is 0.627. The summed E-state index contributed by atoms with van der Waals surface area (Å²) in [5.41, 5.74) is 2.10. The van der Waals surface area contributed by atoms with Crippen LogP contribution < -0.4 is 0 Å². The van der Waals surface area contributed by atoms with Crippen LogP contribution in [0.4, 0.5) is 0 Å². The van der Waals surface area contributed by atoms with E-state index in [4.69, 9.17) is 0 Å². The lowest BCUT2D eigenvalue weighted by atomic mass is 9.75. The zero-order valence-corrected chi connectivity index (χ0v) is 11.4.